The van der Waals surface area contributed by atoms with E-state index in [1.54, 1.807) is 0 Å². The maximum Gasteiger partial charge on any atom is 0.0585 e. The van der Waals surface area contributed by atoms with Gasteiger partial charge in [-0.05, 0) is 37.6 Å². The lowest BCUT2D eigenvalue weighted by molar-refractivity contribution is 0.0000596. The molecular weight excluding hydrogens is 210 g/mol. The van der Waals surface area contributed by atoms with Crippen molar-refractivity contribution in [3.63, 3.8) is 0 Å². The van der Waals surface area contributed by atoms with Crippen LogP contribution in [0.4, 0.5) is 0 Å². The first-order valence-electron chi connectivity index (χ1n) is 7.30. The van der Waals surface area contributed by atoms with Crippen LogP contribution in [0, 0.1) is 23.7 Å². The Hall–Kier alpha value is -0.0800. The number of nitrogens with zero attached hydrogens (tertiary/aromatic N) is 1. The Balaban J connectivity index is 2.43. The average Bonchev–Trinajstić information content (AvgIpc) is 2.23. The monoisotopic (exact) mass is 241 g/mol. The van der Waals surface area contributed by atoms with Crippen molar-refractivity contribution < 1.29 is 5.11 Å². The zero-order valence-corrected chi connectivity index (χ0v) is 12.3. The number of aliphatic hydroxyl groups excluding tert-OH is 1. The summed E-state index contributed by atoms with van der Waals surface area (Å²) in [6, 6.07) is 0. The molecule has 2 heteroatoms. The molecule has 17 heavy (non-hydrogen) atoms. The van der Waals surface area contributed by atoms with Crippen LogP contribution in [-0.2, 0) is 0 Å². The zero-order chi connectivity index (χ0) is 13.0. The number of hydrogen-bond donors (Lipinski definition) is 1. The molecule has 0 aromatic carbocycles. The summed E-state index contributed by atoms with van der Waals surface area (Å²) in [7, 11) is 2.20. The van der Waals surface area contributed by atoms with Gasteiger partial charge < -0.3 is 10.0 Å². The van der Waals surface area contributed by atoms with Crippen LogP contribution in [-0.4, -0.2) is 36.2 Å². The van der Waals surface area contributed by atoms with Gasteiger partial charge in [-0.1, -0.05) is 34.1 Å². The molecule has 0 aromatic rings. The molecule has 102 valence electrons. The van der Waals surface area contributed by atoms with Gasteiger partial charge in [0.1, 0.15) is 0 Å². The van der Waals surface area contributed by atoms with E-state index in [2.05, 4.69) is 39.6 Å². The highest BCUT2D eigenvalue weighted by atomic mass is 16.3. The van der Waals surface area contributed by atoms with E-state index in [4.69, 9.17) is 0 Å². The van der Waals surface area contributed by atoms with E-state index in [0.717, 1.165) is 25.4 Å². The highest BCUT2D eigenvalue weighted by Gasteiger charge is 2.33. The molecule has 1 aliphatic rings. The minimum Gasteiger partial charge on any atom is -0.393 e. The van der Waals surface area contributed by atoms with Gasteiger partial charge in [0.25, 0.3) is 0 Å². The SMILES string of the molecule is CCC(C)CN(C)CC1C(C)CC(C)CC1O. The molecule has 0 bridgehead atoms. The minimum absolute atomic E-state index is 0.0897. The first-order valence-corrected chi connectivity index (χ1v) is 7.30. The van der Waals surface area contributed by atoms with Gasteiger partial charge >= 0.3 is 0 Å². The lowest BCUT2D eigenvalue weighted by Crippen LogP contribution is -2.42. The molecule has 1 N–H and O–H groups in total. The van der Waals surface area contributed by atoms with E-state index < -0.39 is 0 Å². The van der Waals surface area contributed by atoms with Crippen LogP contribution in [0.5, 0.6) is 0 Å². The van der Waals surface area contributed by atoms with Crippen LogP contribution in [0.25, 0.3) is 0 Å². The molecule has 5 unspecified atom stereocenters. The third kappa shape index (κ3) is 4.59. The van der Waals surface area contributed by atoms with Crippen molar-refractivity contribution in [1.82, 2.24) is 4.90 Å². The maximum atomic E-state index is 10.2. The van der Waals surface area contributed by atoms with Crippen LogP contribution < -0.4 is 0 Å². The van der Waals surface area contributed by atoms with Crippen molar-refractivity contribution in [2.24, 2.45) is 23.7 Å². The molecule has 1 saturated carbocycles. The fourth-order valence-corrected chi connectivity index (χ4v) is 3.27. The predicted molar refractivity (Wildman–Crippen MR) is 74.0 cm³/mol. The molecule has 0 saturated heterocycles. The highest BCUT2D eigenvalue weighted by Crippen LogP contribution is 2.34. The second-order valence-electron chi connectivity index (χ2n) is 6.52. The highest BCUT2D eigenvalue weighted by molar-refractivity contribution is 4.84. The number of aliphatic hydroxyl groups is 1. The van der Waals surface area contributed by atoms with Crippen molar-refractivity contribution in [3.8, 4) is 0 Å². The first-order chi connectivity index (χ1) is 7.93. The summed E-state index contributed by atoms with van der Waals surface area (Å²) in [5.41, 5.74) is 0. The van der Waals surface area contributed by atoms with Crippen molar-refractivity contribution in [3.05, 3.63) is 0 Å². The van der Waals surface area contributed by atoms with Gasteiger partial charge in [0, 0.05) is 19.0 Å². The molecule has 0 spiro atoms. The number of hydrogen-bond acceptors (Lipinski definition) is 2. The van der Waals surface area contributed by atoms with Gasteiger partial charge in [0.05, 0.1) is 6.10 Å². The van der Waals surface area contributed by atoms with E-state index in [0.29, 0.717) is 17.8 Å². The summed E-state index contributed by atoms with van der Waals surface area (Å²) in [4.78, 5) is 2.41. The van der Waals surface area contributed by atoms with Crippen LogP contribution in [0.2, 0.25) is 0 Å². The van der Waals surface area contributed by atoms with Crippen molar-refractivity contribution in [2.75, 3.05) is 20.1 Å². The van der Waals surface area contributed by atoms with E-state index >= 15 is 0 Å². The van der Waals surface area contributed by atoms with Gasteiger partial charge in [0.2, 0.25) is 0 Å². The van der Waals surface area contributed by atoms with Crippen LogP contribution in [0.3, 0.4) is 0 Å². The molecule has 0 aliphatic heterocycles. The van der Waals surface area contributed by atoms with Gasteiger partial charge in [-0.2, -0.15) is 0 Å². The second-order valence-corrected chi connectivity index (χ2v) is 6.52. The average molecular weight is 241 g/mol. The minimum atomic E-state index is -0.0897. The Morgan fingerprint density at radius 1 is 1.29 bits per heavy atom. The molecule has 0 radical (unpaired) electrons. The molecule has 0 aromatic heterocycles. The molecule has 1 fully saturated rings. The summed E-state index contributed by atoms with van der Waals surface area (Å²) in [6.07, 6.45) is 3.42. The van der Waals surface area contributed by atoms with Crippen molar-refractivity contribution in [2.45, 2.75) is 53.1 Å². The standard InChI is InChI=1S/C15H31NO/c1-6-11(2)9-16(5)10-14-13(4)7-12(3)8-15(14)17/h11-15,17H,6-10H2,1-5H3. The van der Waals surface area contributed by atoms with E-state index in [1.807, 2.05) is 0 Å². The quantitative estimate of drug-likeness (QED) is 0.800. The second kappa shape index (κ2) is 6.75. The molecule has 0 amide bonds. The Labute approximate surface area is 107 Å². The normalized spacial score (nSPS) is 36.2. The van der Waals surface area contributed by atoms with Crippen molar-refractivity contribution >= 4 is 0 Å². The molecular formula is C15H31NO. The Kier molecular flexibility index (Phi) is 5.94. The van der Waals surface area contributed by atoms with E-state index in [1.165, 1.54) is 12.8 Å². The van der Waals surface area contributed by atoms with Gasteiger partial charge in [0.15, 0.2) is 0 Å². The smallest absolute Gasteiger partial charge is 0.0585 e. The van der Waals surface area contributed by atoms with Crippen LogP contribution in [0.1, 0.15) is 47.0 Å². The third-order valence-electron chi connectivity index (χ3n) is 4.49. The lowest BCUT2D eigenvalue weighted by atomic mass is 9.73. The van der Waals surface area contributed by atoms with Gasteiger partial charge in [-0.3, -0.25) is 0 Å². The lowest BCUT2D eigenvalue weighted by Gasteiger charge is -2.39. The van der Waals surface area contributed by atoms with Gasteiger partial charge in [-0.15, -0.1) is 0 Å². The summed E-state index contributed by atoms with van der Waals surface area (Å²) >= 11 is 0. The first kappa shape index (κ1) is 15.0. The summed E-state index contributed by atoms with van der Waals surface area (Å²) in [6.45, 7) is 11.3. The summed E-state index contributed by atoms with van der Waals surface area (Å²) in [5.74, 6) is 2.58. The molecule has 1 aliphatic carbocycles. The maximum absolute atomic E-state index is 10.2. The van der Waals surface area contributed by atoms with Gasteiger partial charge in [-0.25, -0.2) is 0 Å². The Morgan fingerprint density at radius 3 is 2.47 bits per heavy atom. The summed E-state index contributed by atoms with van der Waals surface area (Å²) < 4.78 is 0. The molecule has 2 nitrogen and oxygen atoms in total. The largest absolute Gasteiger partial charge is 0.393 e. The Bertz CT molecular complexity index is 207. The molecule has 1 rings (SSSR count). The fourth-order valence-electron chi connectivity index (χ4n) is 3.27. The van der Waals surface area contributed by atoms with E-state index in [9.17, 15) is 5.11 Å². The predicted octanol–water partition coefficient (Wildman–Crippen LogP) is 3.01. The summed E-state index contributed by atoms with van der Waals surface area (Å²) in [5, 5.41) is 10.2. The van der Waals surface area contributed by atoms with Crippen molar-refractivity contribution in [1.29, 1.82) is 0 Å². The topological polar surface area (TPSA) is 23.5 Å². The molecule has 0 heterocycles. The zero-order valence-electron chi connectivity index (χ0n) is 12.3. The van der Waals surface area contributed by atoms with Crippen LogP contribution in [0.15, 0.2) is 0 Å². The fraction of sp³-hybridized carbons (Fsp3) is 1.00. The third-order valence-corrected chi connectivity index (χ3v) is 4.49. The molecule has 5 atom stereocenters. The van der Waals surface area contributed by atoms with Crippen LogP contribution >= 0.6 is 0 Å². The Morgan fingerprint density at radius 2 is 1.94 bits per heavy atom. The number of rotatable bonds is 5. The van der Waals surface area contributed by atoms with E-state index in [-0.39, 0.29) is 6.10 Å².